The van der Waals surface area contributed by atoms with Crippen LogP contribution < -0.4 is 0 Å². The summed E-state index contributed by atoms with van der Waals surface area (Å²) in [5.41, 5.74) is 0. The van der Waals surface area contributed by atoms with Gasteiger partial charge in [0.15, 0.2) is 0 Å². The van der Waals surface area contributed by atoms with Gasteiger partial charge in [0.2, 0.25) is 0 Å². The average Bonchev–Trinajstić information content (AvgIpc) is 0.811. The van der Waals surface area contributed by atoms with Crippen molar-refractivity contribution in [1.82, 2.24) is 0 Å². The van der Waals surface area contributed by atoms with Crippen molar-refractivity contribution in [2.45, 2.75) is 6.92 Å². The van der Waals surface area contributed by atoms with Gasteiger partial charge in [0.25, 0.3) is 5.97 Å². The van der Waals surface area contributed by atoms with E-state index in [2.05, 4.69) is 0 Å². The molecule has 0 fully saturated rings. The van der Waals surface area contributed by atoms with Crippen molar-refractivity contribution in [2.75, 3.05) is 0 Å². The summed E-state index contributed by atoms with van der Waals surface area (Å²) in [5.74, 6) is -0.833. The van der Waals surface area contributed by atoms with E-state index >= 15 is 0 Å². The van der Waals surface area contributed by atoms with E-state index < -0.39 is 5.97 Å². The smallest absolute Gasteiger partial charge is 0.300 e. The van der Waals surface area contributed by atoms with Crippen molar-refractivity contribution in [3.8, 4) is 0 Å². The third-order valence-electron chi connectivity index (χ3n) is 0. The number of carboxylic acids is 1. The molecule has 0 spiro atoms. The second-order valence-electron chi connectivity index (χ2n) is 0.519. The maximum Gasteiger partial charge on any atom is 0.300 e. The van der Waals surface area contributed by atoms with Crippen LogP contribution in [0.1, 0.15) is 6.92 Å². The zero-order chi connectivity index (χ0) is 3.58. The summed E-state index contributed by atoms with van der Waals surface area (Å²) in [6.07, 6.45) is 0. The Morgan fingerprint density at radius 1 is 1.67 bits per heavy atom. The Kier molecular flexibility index (Phi) is 24.6. The predicted molar refractivity (Wildman–Crippen MR) is 16.9 cm³/mol. The first-order valence-electron chi connectivity index (χ1n) is 0.928. The number of hydrogen-bond donors (Lipinski definition) is 1. The fourth-order valence-electron chi connectivity index (χ4n) is 0. The Morgan fingerprint density at radius 2 is 1.67 bits per heavy atom. The Hall–Kier alpha value is 0.0534. The maximum atomic E-state index is 9.00. The summed E-state index contributed by atoms with van der Waals surface area (Å²) < 4.78 is 0. The van der Waals surface area contributed by atoms with Gasteiger partial charge in [0.05, 0.1) is 0 Å². The van der Waals surface area contributed by atoms with Crippen LogP contribution in [0, 0.1) is 0 Å². The van der Waals surface area contributed by atoms with Crippen molar-refractivity contribution in [2.24, 2.45) is 0 Å². The van der Waals surface area contributed by atoms with Crippen LogP contribution in [-0.2, 0) is 24.3 Å². The minimum Gasteiger partial charge on any atom is -0.481 e. The van der Waals surface area contributed by atoms with Gasteiger partial charge in [-0.25, -0.2) is 0 Å². The van der Waals surface area contributed by atoms with Crippen LogP contribution in [0.2, 0.25) is 0 Å². The zero-order valence-electron chi connectivity index (χ0n) is 3.56. The molecule has 0 heterocycles. The molecule has 0 bridgehead atoms. The molecular weight excluding hydrogens is 137 g/mol. The molecule has 0 atom stereocenters. The van der Waals surface area contributed by atoms with E-state index in [1.165, 1.54) is 0 Å². The van der Waals surface area contributed by atoms with E-state index in [0.29, 0.717) is 0 Å². The molecule has 0 aromatic carbocycles. The largest absolute Gasteiger partial charge is 0.481 e. The van der Waals surface area contributed by atoms with Crippen LogP contribution >= 0.6 is 0 Å². The molecule has 0 radical (unpaired) electrons. The van der Waals surface area contributed by atoms with Gasteiger partial charge in [-0.15, -0.1) is 0 Å². The summed E-state index contributed by atoms with van der Waals surface area (Å²) in [6.45, 7) is 1.08. The number of hydrogen-bond acceptors (Lipinski definition) is 1. The average molecular weight is 143 g/mol. The SMILES string of the molecule is CC(=O)O.O.[Zn]. The second kappa shape index (κ2) is 8.91. The van der Waals surface area contributed by atoms with Crippen molar-refractivity contribution in [1.29, 1.82) is 0 Å². The predicted octanol–water partition coefficient (Wildman–Crippen LogP) is -0.736. The van der Waals surface area contributed by atoms with Gasteiger partial charge in [-0.1, -0.05) is 0 Å². The van der Waals surface area contributed by atoms with Crippen LogP contribution in [-0.4, -0.2) is 16.6 Å². The molecule has 0 unspecified atom stereocenters. The molecule has 0 aliphatic heterocycles. The van der Waals surface area contributed by atoms with Crippen molar-refractivity contribution in [3.05, 3.63) is 0 Å². The van der Waals surface area contributed by atoms with E-state index in [4.69, 9.17) is 9.90 Å². The number of carbonyl (C=O) groups is 1. The molecule has 4 heteroatoms. The quantitative estimate of drug-likeness (QED) is 0.454. The number of aliphatic carboxylic acids is 1. The summed E-state index contributed by atoms with van der Waals surface area (Å²) in [4.78, 5) is 9.00. The van der Waals surface area contributed by atoms with Crippen LogP contribution in [0.5, 0.6) is 0 Å². The van der Waals surface area contributed by atoms with Gasteiger partial charge >= 0.3 is 0 Å². The van der Waals surface area contributed by atoms with Gasteiger partial charge < -0.3 is 10.6 Å². The molecule has 0 rings (SSSR count). The van der Waals surface area contributed by atoms with Gasteiger partial charge in [0.1, 0.15) is 0 Å². The minimum absolute atomic E-state index is 0. The molecule has 0 amide bonds. The van der Waals surface area contributed by atoms with E-state index in [1.807, 2.05) is 0 Å². The first-order valence-corrected chi connectivity index (χ1v) is 0.928. The first-order chi connectivity index (χ1) is 1.73. The maximum absolute atomic E-state index is 9.00. The molecular formula is C2H6O3Zn. The Balaban J connectivity index is -0.0000000450. The normalized spacial score (nSPS) is 4.17. The minimum atomic E-state index is -0.833. The number of carboxylic acid groups (broad SMARTS) is 1. The molecule has 0 aromatic heterocycles. The van der Waals surface area contributed by atoms with E-state index in [0.717, 1.165) is 6.92 Å². The summed E-state index contributed by atoms with van der Waals surface area (Å²) >= 11 is 0. The Morgan fingerprint density at radius 3 is 1.67 bits per heavy atom. The molecule has 0 aromatic rings. The third-order valence-corrected chi connectivity index (χ3v) is 0. The van der Waals surface area contributed by atoms with Crippen molar-refractivity contribution >= 4 is 5.97 Å². The third kappa shape index (κ3) is 13300. The van der Waals surface area contributed by atoms with Gasteiger partial charge in [-0.05, 0) is 0 Å². The van der Waals surface area contributed by atoms with E-state index in [9.17, 15) is 0 Å². The molecule has 34 valence electrons. The Bertz CT molecular complexity index is 31.8. The summed E-state index contributed by atoms with van der Waals surface area (Å²) in [6, 6.07) is 0. The van der Waals surface area contributed by atoms with Gasteiger partial charge in [-0.2, -0.15) is 0 Å². The fraction of sp³-hybridized carbons (Fsp3) is 0.500. The summed E-state index contributed by atoms with van der Waals surface area (Å²) in [5, 5.41) is 7.42. The topological polar surface area (TPSA) is 68.8 Å². The zero-order valence-corrected chi connectivity index (χ0v) is 6.53. The molecule has 0 aliphatic rings. The van der Waals surface area contributed by atoms with Gasteiger partial charge in [-0.3, -0.25) is 4.79 Å². The van der Waals surface area contributed by atoms with Crippen LogP contribution in [0.4, 0.5) is 0 Å². The van der Waals surface area contributed by atoms with Crippen LogP contribution in [0.15, 0.2) is 0 Å². The molecule has 0 aliphatic carbocycles. The van der Waals surface area contributed by atoms with Crippen LogP contribution in [0.25, 0.3) is 0 Å². The molecule has 3 N–H and O–H groups in total. The van der Waals surface area contributed by atoms with E-state index in [-0.39, 0.29) is 25.0 Å². The molecule has 3 nitrogen and oxygen atoms in total. The fourth-order valence-corrected chi connectivity index (χ4v) is 0. The van der Waals surface area contributed by atoms with Crippen molar-refractivity contribution < 1.29 is 34.9 Å². The van der Waals surface area contributed by atoms with Crippen LogP contribution in [0.3, 0.4) is 0 Å². The second-order valence-corrected chi connectivity index (χ2v) is 0.519. The number of rotatable bonds is 0. The monoisotopic (exact) mass is 142 g/mol. The molecule has 0 saturated carbocycles. The van der Waals surface area contributed by atoms with E-state index in [1.54, 1.807) is 0 Å². The Labute approximate surface area is 48.4 Å². The molecule has 6 heavy (non-hydrogen) atoms. The molecule has 0 saturated heterocycles. The summed E-state index contributed by atoms with van der Waals surface area (Å²) in [7, 11) is 0. The van der Waals surface area contributed by atoms with Gasteiger partial charge in [0, 0.05) is 26.4 Å². The first kappa shape index (κ1) is 16.6. The standard InChI is InChI=1S/C2H4O2.H2O.Zn/c1-2(3)4;;/h1H3,(H,3,4);1H2;. The van der Waals surface area contributed by atoms with Crippen molar-refractivity contribution in [3.63, 3.8) is 0 Å².